The Balaban J connectivity index is 0.000000157. The molecule has 0 fully saturated rings. The van der Waals surface area contributed by atoms with Crippen molar-refractivity contribution in [2.75, 3.05) is 0 Å². The number of aryl methyl sites for hydroxylation is 2. The molecule has 0 aromatic heterocycles. The number of benzene rings is 8. The number of hydrogen-bond acceptors (Lipinski definition) is 6. The minimum Gasteiger partial charge on any atom is -0.744 e. The van der Waals surface area contributed by atoms with Crippen LogP contribution in [0.2, 0.25) is 0 Å². The molecule has 0 aliphatic heterocycles. The molecule has 0 bridgehead atoms. The fourth-order valence-corrected chi connectivity index (χ4v) is 10.7. The predicted octanol–water partition coefficient (Wildman–Crippen LogP) is 11.4. The summed E-state index contributed by atoms with van der Waals surface area (Å²) in [7, 11) is -8.57. The Bertz CT molecular complexity index is 2290. The fourth-order valence-electron chi connectivity index (χ4n) is 5.57. The van der Waals surface area contributed by atoms with Crippen LogP contribution in [0.25, 0.3) is 0 Å². The molecule has 10 heteroatoms. The smallest absolute Gasteiger partial charge is 0.166 e. The Morgan fingerprint density at radius 2 is 0.450 bits per heavy atom. The minimum absolute atomic E-state index is 0.0146. The molecule has 0 radical (unpaired) electrons. The topological polar surface area (TPSA) is 114 Å². The Morgan fingerprint density at radius 3 is 0.600 bits per heavy atom. The van der Waals surface area contributed by atoms with E-state index in [1.54, 1.807) is 24.3 Å². The first-order valence-corrected chi connectivity index (χ1v) is 24.0. The summed E-state index contributed by atoms with van der Waals surface area (Å²) in [5.74, 6) is 0. The summed E-state index contributed by atoms with van der Waals surface area (Å²) in [6.45, 7) is 3.64. The molecule has 8 rings (SSSR count). The Hall–Kier alpha value is -5.72. The summed E-state index contributed by atoms with van der Waals surface area (Å²) < 4.78 is 62.3. The zero-order valence-electron chi connectivity index (χ0n) is 33.0. The molecule has 0 aliphatic rings. The van der Waals surface area contributed by atoms with Crippen LogP contribution in [0.1, 0.15) is 11.1 Å². The maximum Gasteiger partial charge on any atom is 0.166 e. The average molecular weight is 869 g/mol. The summed E-state index contributed by atoms with van der Waals surface area (Å²) >= 11 is 0. The van der Waals surface area contributed by atoms with E-state index in [4.69, 9.17) is 0 Å². The van der Waals surface area contributed by atoms with Crippen molar-refractivity contribution in [1.82, 2.24) is 0 Å². The van der Waals surface area contributed by atoms with Gasteiger partial charge in [0.05, 0.1) is 31.6 Å². The molecule has 0 amide bonds. The van der Waals surface area contributed by atoms with Crippen LogP contribution in [-0.2, 0) is 42.0 Å². The lowest BCUT2D eigenvalue weighted by Gasteiger charge is -2.07. The van der Waals surface area contributed by atoms with Crippen molar-refractivity contribution in [3.05, 3.63) is 242 Å². The molecule has 60 heavy (non-hydrogen) atoms. The summed E-state index contributed by atoms with van der Waals surface area (Å²) in [5, 5.41) is 0. The van der Waals surface area contributed by atoms with E-state index in [1.807, 2.05) is 13.8 Å². The van der Waals surface area contributed by atoms with Crippen LogP contribution in [-0.4, -0.2) is 25.9 Å². The maximum atomic E-state index is 10.4. The molecule has 0 N–H and O–H groups in total. The highest BCUT2D eigenvalue weighted by atomic mass is 32.2. The second kappa shape index (κ2) is 22.6. The standard InChI is InChI=1S/2C18H15S.2C7H8O3S/c2*1-4-10-16(11-5-1)19(17-12-6-2-7-13-17)18-14-8-3-9-15-18;2*1-6-2-4-7(5-3-6)11(8,9)10/h2*1-15H;2*2-5H,1H3,(H,8,9,10)/q2*+1;;/p-2. The molecule has 0 heterocycles. The lowest BCUT2D eigenvalue weighted by molar-refractivity contribution is 0.461. The molecule has 0 saturated carbocycles. The molecule has 0 aliphatic carbocycles. The van der Waals surface area contributed by atoms with E-state index in [0.717, 1.165) is 11.1 Å². The van der Waals surface area contributed by atoms with Gasteiger partial charge in [0.1, 0.15) is 20.2 Å². The lowest BCUT2D eigenvalue weighted by Crippen LogP contribution is -2.04. The molecule has 304 valence electrons. The van der Waals surface area contributed by atoms with Crippen molar-refractivity contribution in [3.63, 3.8) is 0 Å². The molecular formula is C50H44O6S4. The van der Waals surface area contributed by atoms with Crippen molar-refractivity contribution >= 4 is 42.0 Å². The summed E-state index contributed by atoms with van der Waals surface area (Å²) in [6, 6.07) is 75.9. The molecule has 6 nitrogen and oxygen atoms in total. The van der Waals surface area contributed by atoms with Crippen molar-refractivity contribution in [3.8, 4) is 0 Å². The average Bonchev–Trinajstić information content (AvgIpc) is 3.27. The van der Waals surface area contributed by atoms with Gasteiger partial charge in [-0.05, 0) is 111 Å². The normalized spacial score (nSPS) is 10.9. The molecule has 0 saturated heterocycles. The van der Waals surface area contributed by atoms with E-state index < -0.39 is 20.2 Å². The van der Waals surface area contributed by atoms with Gasteiger partial charge < -0.3 is 9.11 Å². The third-order valence-electron chi connectivity index (χ3n) is 8.49. The van der Waals surface area contributed by atoms with Gasteiger partial charge in [0, 0.05) is 0 Å². The second-order valence-electron chi connectivity index (χ2n) is 13.0. The number of rotatable bonds is 8. The SMILES string of the molecule is Cc1ccc(S(=O)(=O)[O-])cc1.Cc1ccc(S(=O)(=O)[O-])cc1.c1ccc([S+](c2ccccc2)c2ccccc2)cc1.c1ccc([S+](c2ccccc2)c2ccccc2)cc1. The third-order valence-corrected chi connectivity index (χ3v) is 14.7. The van der Waals surface area contributed by atoms with Gasteiger partial charge in [-0.15, -0.1) is 0 Å². The van der Waals surface area contributed by atoms with Crippen molar-refractivity contribution in [2.45, 2.75) is 53.0 Å². The first-order valence-electron chi connectivity index (χ1n) is 18.7. The quantitative estimate of drug-likeness (QED) is 0.111. The lowest BCUT2D eigenvalue weighted by atomic mass is 10.2. The Labute approximate surface area is 360 Å². The van der Waals surface area contributed by atoms with Crippen LogP contribution >= 0.6 is 0 Å². The fraction of sp³-hybridized carbons (Fsp3) is 0.0400. The second-order valence-corrected chi connectivity index (χ2v) is 19.8. The molecule has 0 spiro atoms. The third kappa shape index (κ3) is 14.2. The van der Waals surface area contributed by atoms with Gasteiger partial charge >= 0.3 is 0 Å². The summed E-state index contributed by atoms with van der Waals surface area (Å²) in [4.78, 5) is 7.81. The highest BCUT2D eigenvalue weighted by Crippen LogP contribution is 2.31. The highest BCUT2D eigenvalue weighted by molar-refractivity contribution is 7.97. The summed E-state index contributed by atoms with van der Waals surface area (Å²) in [5.41, 5.74) is 1.86. The Morgan fingerprint density at radius 1 is 0.283 bits per heavy atom. The first-order chi connectivity index (χ1) is 28.9. The van der Waals surface area contributed by atoms with Crippen molar-refractivity contribution < 1.29 is 25.9 Å². The van der Waals surface area contributed by atoms with Crippen molar-refractivity contribution in [1.29, 1.82) is 0 Å². The van der Waals surface area contributed by atoms with E-state index in [2.05, 4.69) is 182 Å². The zero-order valence-corrected chi connectivity index (χ0v) is 36.3. The van der Waals surface area contributed by atoms with Crippen LogP contribution in [0, 0.1) is 13.8 Å². The number of hydrogen-bond donors (Lipinski definition) is 0. The van der Waals surface area contributed by atoms with Crippen LogP contribution < -0.4 is 0 Å². The van der Waals surface area contributed by atoms with Gasteiger partial charge in [0.2, 0.25) is 0 Å². The van der Waals surface area contributed by atoms with Gasteiger partial charge in [-0.3, -0.25) is 0 Å². The van der Waals surface area contributed by atoms with E-state index in [-0.39, 0.29) is 31.6 Å². The van der Waals surface area contributed by atoms with E-state index in [0.29, 0.717) is 0 Å². The molecule has 8 aromatic rings. The van der Waals surface area contributed by atoms with Gasteiger partial charge in [0.25, 0.3) is 0 Å². The first kappa shape index (κ1) is 45.4. The molecule has 0 atom stereocenters. The van der Waals surface area contributed by atoms with E-state index in [1.165, 1.54) is 53.6 Å². The van der Waals surface area contributed by atoms with Gasteiger partial charge in [0.15, 0.2) is 29.4 Å². The Kier molecular flexibility index (Phi) is 17.1. The van der Waals surface area contributed by atoms with Gasteiger partial charge in [-0.2, -0.15) is 0 Å². The van der Waals surface area contributed by atoms with Crippen LogP contribution in [0.15, 0.2) is 270 Å². The highest BCUT2D eigenvalue weighted by Gasteiger charge is 2.28. The summed E-state index contributed by atoms with van der Waals surface area (Å²) in [6.07, 6.45) is 0. The van der Waals surface area contributed by atoms with Crippen LogP contribution in [0.5, 0.6) is 0 Å². The van der Waals surface area contributed by atoms with Gasteiger partial charge in [-0.1, -0.05) is 145 Å². The largest absolute Gasteiger partial charge is 0.744 e. The monoisotopic (exact) mass is 868 g/mol. The molecule has 0 unspecified atom stereocenters. The zero-order chi connectivity index (χ0) is 42.8. The van der Waals surface area contributed by atoms with Crippen LogP contribution in [0.4, 0.5) is 0 Å². The van der Waals surface area contributed by atoms with Crippen molar-refractivity contribution in [2.24, 2.45) is 0 Å². The van der Waals surface area contributed by atoms with Gasteiger partial charge in [-0.25, -0.2) is 16.8 Å². The molecular weight excluding hydrogens is 825 g/mol. The molecule has 8 aromatic carbocycles. The van der Waals surface area contributed by atoms with E-state index >= 15 is 0 Å². The predicted molar refractivity (Wildman–Crippen MR) is 241 cm³/mol. The maximum absolute atomic E-state index is 10.4. The van der Waals surface area contributed by atoms with E-state index in [9.17, 15) is 25.9 Å². The minimum atomic E-state index is -4.27. The van der Waals surface area contributed by atoms with Crippen LogP contribution in [0.3, 0.4) is 0 Å².